The molecule has 0 aliphatic heterocycles. The van der Waals surface area contributed by atoms with E-state index in [1.807, 2.05) is 0 Å². The minimum atomic E-state index is -0.316. The van der Waals surface area contributed by atoms with Gasteiger partial charge in [0.2, 0.25) is 11.8 Å². The molecule has 0 bridgehead atoms. The molecule has 0 spiro atoms. The first-order valence-corrected chi connectivity index (χ1v) is 7.33. The number of ether oxygens (including phenoxy) is 2. The summed E-state index contributed by atoms with van der Waals surface area (Å²) in [5.41, 5.74) is 0.555. The van der Waals surface area contributed by atoms with Gasteiger partial charge in [0.25, 0.3) is 0 Å². The maximum absolute atomic E-state index is 12.2. The fraction of sp³-hybridized carbons (Fsp3) is 0.294. The molecule has 2 aromatic rings. The lowest BCUT2D eigenvalue weighted by molar-refractivity contribution is -0.133. The second-order valence-electron chi connectivity index (χ2n) is 5.07. The standard InChI is InChI=1S/C17H20N2O5/c1-12(20)19(10-14-5-4-8-24-14)11-17(21)18-13-6-7-15(22-2)16(9-13)23-3/h4-9H,10-11H2,1-3H3,(H,18,21). The first kappa shape index (κ1) is 17.4. The number of rotatable bonds is 7. The molecular weight excluding hydrogens is 312 g/mol. The third-order valence-corrected chi connectivity index (χ3v) is 3.37. The van der Waals surface area contributed by atoms with Gasteiger partial charge in [0, 0.05) is 18.7 Å². The van der Waals surface area contributed by atoms with Crippen LogP contribution in [0.4, 0.5) is 5.69 Å². The molecule has 1 N–H and O–H groups in total. The zero-order valence-corrected chi connectivity index (χ0v) is 13.9. The first-order valence-electron chi connectivity index (χ1n) is 7.33. The summed E-state index contributed by atoms with van der Waals surface area (Å²) in [6, 6.07) is 8.53. The summed E-state index contributed by atoms with van der Waals surface area (Å²) in [6.07, 6.45) is 1.53. The number of methoxy groups -OCH3 is 2. The van der Waals surface area contributed by atoms with E-state index in [2.05, 4.69) is 5.32 Å². The van der Waals surface area contributed by atoms with E-state index >= 15 is 0 Å². The van der Waals surface area contributed by atoms with E-state index in [1.165, 1.54) is 32.3 Å². The van der Waals surface area contributed by atoms with Crippen molar-refractivity contribution in [3.05, 3.63) is 42.4 Å². The van der Waals surface area contributed by atoms with E-state index in [0.29, 0.717) is 22.9 Å². The van der Waals surface area contributed by atoms with Gasteiger partial charge in [0.05, 0.1) is 27.0 Å². The molecule has 2 amide bonds. The zero-order valence-electron chi connectivity index (χ0n) is 13.9. The number of nitrogens with zero attached hydrogens (tertiary/aromatic N) is 1. The molecule has 0 atom stereocenters. The summed E-state index contributed by atoms with van der Waals surface area (Å²) < 4.78 is 15.6. The van der Waals surface area contributed by atoms with E-state index < -0.39 is 0 Å². The van der Waals surface area contributed by atoms with E-state index in [9.17, 15) is 9.59 Å². The zero-order chi connectivity index (χ0) is 17.5. The van der Waals surface area contributed by atoms with Gasteiger partial charge in [-0.15, -0.1) is 0 Å². The van der Waals surface area contributed by atoms with Crippen LogP contribution in [-0.4, -0.2) is 37.5 Å². The van der Waals surface area contributed by atoms with Crippen LogP contribution in [-0.2, 0) is 16.1 Å². The smallest absolute Gasteiger partial charge is 0.244 e. The topological polar surface area (TPSA) is 81.0 Å². The lowest BCUT2D eigenvalue weighted by Gasteiger charge is -2.19. The predicted octanol–water partition coefficient (Wildman–Crippen LogP) is 2.28. The van der Waals surface area contributed by atoms with E-state index in [4.69, 9.17) is 13.9 Å². The van der Waals surface area contributed by atoms with Gasteiger partial charge >= 0.3 is 0 Å². The molecule has 1 aromatic heterocycles. The first-order chi connectivity index (χ1) is 11.5. The predicted molar refractivity (Wildman–Crippen MR) is 88.0 cm³/mol. The highest BCUT2D eigenvalue weighted by Gasteiger charge is 2.16. The Morgan fingerprint density at radius 2 is 1.92 bits per heavy atom. The Labute approximate surface area is 140 Å². The fourth-order valence-corrected chi connectivity index (χ4v) is 2.16. The van der Waals surface area contributed by atoms with Crippen molar-refractivity contribution in [2.75, 3.05) is 26.1 Å². The van der Waals surface area contributed by atoms with Crippen molar-refractivity contribution in [3.8, 4) is 11.5 Å². The number of nitrogens with one attached hydrogen (secondary N) is 1. The Bertz CT molecular complexity index is 697. The molecule has 0 radical (unpaired) electrons. The monoisotopic (exact) mass is 332 g/mol. The van der Waals surface area contributed by atoms with Crippen LogP contribution >= 0.6 is 0 Å². The number of carbonyl (C=O) groups is 2. The number of hydrogen-bond acceptors (Lipinski definition) is 5. The summed E-state index contributed by atoms with van der Waals surface area (Å²) >= 11 is 0. The van der Waals surface area contributed by atoms with Gasteiger partial charge < -0.3 is 24.1 Å². The Morgan fingerprint density at radius 3 is 2.50 bits per heavy atom. The van der Waals surface area contributed by atoms with Crippen molar-refractivity contribution in [1.82, 2.24) is 4.90 Å². The average molecular weight is 332 g/mol. The van der Waals surface area contributed by atoms with Crippen molar-refractivity contribution in [2.24, 2.45) is 0 Å². The summed E-state index contributed by atoms with van der Waals surface area (Å²) in [5, 5.41) is 2.73. The average Bonchev–Trinajstić information content (AvgIpc) is 3.07. The van der Waals surface area contributed by atoms with Crippen molar-refractivity contribution in [2.45, 2.75) is 13.5 Å². The number of carbonyl (C=O) groups excluding carboxylic acids is 2. The molecule has 0 saturated carbocycles. The van der Waals surface area contributed by atoms with Gasteiger partial charge in [-0.1, -0.05) is 0 Å². The summed E-state index contributed by atoms with van der Waals surface area (Å²) in [6.45, 7) is 1.57. The van der Waals surface area contributed by atoms with Crippen LogP contribution < -0.4 is 14.8 Å². The highest BCUT2D eigenvalue weighted by Crippen LogP contribution is 2.29. The molecule has 0 aliphatic rings. The van der Waals surface area contributed by atoms with Gasteiger partial charge in [-0.25, -0.2) is 0 Å². The number of amides is 2. The molecule has 128 valence electrons. The third kappa shape index (κ3) is 4.52. The Morgan fingerprint density at radius 1 is 1.17 bits per heavy atom. The highest BCUT2D eigenvalue weighted by molar-refractivity contribution is 5.94. The Balaban J connectivity index is 2.01. The summed E-state index contributed by atoms with van der Waals surface area (Å²) in [5.74, 6) is 1.16. The normalized spacial score (nSPS) is 10.1. The lowest BCUT2D eigenvalue weighted by Crippen LogP contribution is -2.36. The summed E-state index contributed by atoms with van der Waals surface area (Å²) in [4.78, 5) is 25.3. The summed E-state index contributed by atoms with van der Waals surface area (Å²) in [7, 11) is 3.06. The second kappa shape index (κ2) is 8.05. The molecule has 24 heavy (non-hydrogen) atoms. The van der Waals surface area contributed by atoms with Crippen LogP contribution in [0.3, 0.4) is 0 Å². The molecule has 0 aliphatic carbocycles. The lowest BCUT2D eigenvalue weighted by atomic mass is 10.2. The molecular formula is C17H20N2O5. The van der Waals surface area contributed by atoms with Gasteiger partial charge in [0.1, 0.15) is 12.3 Å². The van der Waals surface area contributed by atoms with Crippen LogP contribution in [0.1, 0.15) is 12.7 Å². The van der Waals surface area contributed by atoms with Crippen LogP contribution in [0, 0.1) is 0 Å². The second-order valence-corrected chi connectivity index (χ2v) is 5.07. The number of furan rings is 1. The number of hydrogen-bond donors (Lipinski definition) is 1. The Kier molecular flexibility index (Phi) is 5.83. The number of anilines is 1. The minimum Gasteiger partial charge on any atom is -0.493 e. The molecule has 0 fully saturated rings. The van der Waals surface area contributed by atoms with Crippen LogP contribution in [0.5, 0.6) is 11.5 Å². The van der Waals surface area contributed by atoms with E-state index in [-0.39, 0.29) is 24.9 Å². The Hall–Kier alpha value is -2.96. The van der Waals surface area contributed by atoms with Crippen molar-refractivity contribution in [1.29, 1.82) is 0 Å². The quantitative estimate of drug-likeness (QED) is 0.841. The molecule has 0 unspecified atom stereocenters. The van der Waals surface area contributed by atoms with Crippen molar-refractivity contribution in [3.63, 3.8) is 0 Å². The highest BCUT2D eigenvalue weighted by atomic mass is 16.5. The van der Waals surface area contributed by atoms with Gasteiger partial charge in [0.15, 0.2) is 11.5 Å². The maximum atomic E-state index is 12.2. The van der Waals surface area contributed by atoms with Crippen LogP contribution in [0.25, 0.3) is 0 Å². The van der Waals surface area contributed by atoms with E-state index in [0.717, 1.165) is 0 Å². The number of benzene rings is 1. The maximum Gasteiger partial charge on any atom is 0.244 e. The van der Waals surface area contributed by atoms with Crippen LogP contribution in [0.2, 0.25) is 0 Å². The largest absolute Gasteiger partial charge is 0.493 e. The SMILES string of the molecule is COc1ccc(NC(=O)CN(Cc2ccco2)C(C)=O)cc1OC. The van der Waals surface area contributed by atoms with Crippen LogP contribution in [0.15, 0.2) is 41.0 Å². The molecule has 7 heteroatoms. The fourth-order valence-electron chi connectivity index (χ4n) is 2.16. The molecule has 0 saturated heterocycles. The van der Waals surface area contributed by atoms with Crippen molar-refractivity contribution >= 4 is 17.5 Å². The minimum absolute atomic E-state index is 0.0790. The molecule has 7 nitrogen and oxygen atoms in total. The van der Waals surface area contributed by atoms with Gasteiger partial charge in [-0.3, -0.25) is 9.59 Å². The molecule has 1 aromatic carbocycles. The van der Waals surface area contributed by atoms with Crippen molar-refractivity contribution < 1.29 is 23.5 Å². The van der Waals surface area contributed by atoms with Gasteiger partial charge in [-0.05, 0) is 24.3 Å². The molecule has 2 rings (SSSR count). The van der Waals surface area contributed by atoms with E-state index in [1.54, 1.807) is 30.3 Å². The molecule has 1 heterocycles. The third-order valence-electron chi connectivity index (χ3n) is 3.37. The van der Waals surface area contributed by atoms with Gasteiger partial charge in [-0.2, -0.15) is 0 Å².